The van der Waals surface area contributed by atoms with E-state index in [1.165, 1.54) is 0 Å². The van der Waals surface area contributed by atoms with Gasteiger partial charge >= 0.3 is 0 Å². The predicted octanol–water partition coefficient (Wildman–Crippen LogP) is 3.07. The number of carbonyl (C=O) groups is 1. The minimum Gasteiger partial charge on any atom is -0.374 e. The van der Waals surface area contributed by atoms with Gasteiger partial charge < -0.3 is 14.4 Å². The number of rotatable bonds is 8. The number of aromatic nitrogens is 3. The van der Waals surface area contributed by atoms with E-state index in [1.807, 2.05) is 55.2 Å². The quantitative estimate of drug-likeness (QED) is 0.609. The van der Waals surface area contributed by atoms with Crippen LogP contribution in [0.15, 0.2) is 36.5 Å². The van der Waals surface area contributed by atoms with Gasteiger partial charge in [-0.05, 0) is 37.7 Å². The molecule has 1 aromatic carbocycles. The number of carbonyl (C=O) groups excluding carboxylic acids is 1. The van der Waals surface area contributed by atoms with E-state index in [-0.39, 0.29) is 30.1 Å². The topological polar surface area (TPSA) is 69.5 Å². The van der Waals surface area contributed by atoms with Crippen LogP contribution in [-0.2, 0) is 20.8 Å². The standard InChI is InChI=1S/C24H32N4O3/c1-18(28-17-21(25-26-28)11-8-14-30-4)15-22-12-13-23(31-22)19(2)24(29)27(3)16-20-9-6-5-7-10-20/h5-7,9-10,17-19,22-23H,12-16H2,1-4H3/t18-,19-,22+,23-/m1/s1. The van der Waals surface area contributed by atoms with Crippen LogP contribution in [0.2, 0.25) is 0 Å². The molecule has 0 unspecified atom stereocenters. The van der Waals surface area contributed by atoms with E-state index in [0.717, 1.165) is 24.8 Å². The fraction of sp³-hybridized carbons (Fsp3) is 0.542. The van der Waals surface area contributed by atoms with Gasteiger partial charge in [-0.1, -0.05) is 48.4 Å². The second-order valence-electron chi connectivity index (χ2n) is 8.25. The highest BCUT2D eigenvalue weighted by Crippen LogP contribution is 2.31. The molecule has 0 saturated carbocycles. The SMILES string of the molecule is COCC#Cc1cn([C@H](C)C[C@@H]2CC[C@H]([C@@H](C)C(=O)N(C)Cc3ccccc3)O2)nn1. The Morgan fingerprint density at radius 1 is 1.32 bits per heavy atom. The molecule has 3 rings (SSSR count). The number of methoxy groups -OCH3 is 1. The van der Waals surface area contributed by atoms with Crippen molar-refractivity contribution in [2.24, 2.45) is 5.92 Å². The number of amides is 1. The van der Waals surface area contributed by atoms with Crippen LogP contribution < -0.4 is 0 Å². The van der Waals surface area contributed by atoms with Crippen molar-refractivity contribution < 1.29 is 14.3 Å². The van der Waals surface area contributed by atoms with Gasteiger partial charge in [-0.2, -0.15) is 0 Å². The lowest BCUT2D eigenvalue weighted by molar-refractivity contribution is -0.139. The van der Waals surface area contributed by atoms with Crippen molar-refractivity contribution >= 4 is 5.91 Å². The monoisotopic (exact) mass is 424 g/mol. The van der Waals surface area contributed by atoms with Gasteiger partial charge in [0.1, 0.15) is 6.61 Å². The molecule has 1 fully saturated rings. The van der Waals surface area contributed by atoms with Crippen molar-refractivity contribution in [2.75, 3.05) is 20.8 Å². The molecule has 1 aliphatic rings. The van der Waals surface area contributed by atoms with Gasteiger partial charge in [0.05, 0.1) is 30.4 Å². The third-order valence-corrected chi connectivity index (χ3v) is 5.73. The molecule has 1 aliphatic heterocycles. The number of hydrogen-bond acceptors (Lipinski definition) is 5. The Labute approximate surface area is 184 Å². The molecular weight excluding hydrogens is 392 g/mol. The average molecular weight is 425 g/mol. The molecule has 1 saturated heterocycles. The Balaban J connectivity index is 1.49. The Bertz CT molecular complexity index is 902. The lowest BCUT2D eigenvalue weighted by atomic mass is 9.99. The summed E-state index contributed by atoms with van der Waals surface area (Å²) in [5.74, 6) is 5.77. The Morgan fingerprint density at radius 3 is 2.84 bits per heavy atom. The molecule has 166 valence electrons. The molecule has 7 nitrogen and oxygen atoms in total. The normalized spacial score (nSPS) is 20.0. The molecule has 0 radical (unpaired) electrons. The maximum atomic E-state index is 12.9. The van der Waals surface area contributed by atoms with E-state index in [4.69, 9.17) is 9.47 Å². The minimum atomic E-state index is -0.164. The predicted molar refractivity (Wildman–Crippen MR) is 118 cm³/mol. The first-order chi connectivity index (χ1) is 15.0. The summed E-state index contributed by atoms with van der Waals surface area (Å²) in [6.45, 7) is 5.05. The Hall–Kier alpha value is -2.69. The molecular formula is C24H32N4O3. The summed E-state index contributed by atoms with van der Waals surface area (Å²) in [6, 6.07) is 10.2. The molecule has 2 aromatic rings. The second kappa shape index (κ2) is 11.1. The molecule has 1 amide bonds. The molecule has 0 N–H and O–H groups in total. The van der Waals surface area contributed by atoms with Crippen molar-refractivity contribution in [1.29, 1.82) is 0 Å². The highest BCUT2D eigenvalue weighted by atomic mass is 16.5. The molecule has 0 aliphatic carbocycles. The molecule has 1 aromatic heterocycles. The van der Waals surface area contributed by atoms with E-state index >= 15 is 0 Å². The molecule has 2 heterocycles. The second-order valence-corrected chi connectivity index (χ2v) is 8.25. The van der Waals surface area contributed by atoms with Crippen molar-refractivity contribution in [3.05, 3.63) is 47.8 Å². The number of hydrogen-bond donors (Lipinski definition) is 0. The van der Waals surface area contributed by atoms with Gasteiger partial charge in [-0.15, -0.1) is 5.10 Å². The maximum absolute atomic E-state index is 12.9. The first-order valence-corrected chi connectivity index (χ1v) is 10.8. The van der Waals surface area contributed by atoms with Gasteiger partial charge in [0.25, 0.3) is 0 Å². The third-order valence-electron chi connectivity index (χ3n) is 5.73. The molecule has 0 spiro atoms. The van der Waals surface area contributed by atoms with E-state index in [1.54, 1.807) is 12.0 Å². The number of ether oxygens (including phenoxy) is 2. The Morgan fingerprint density at radius 2 is 2.10 bits per heavy atom. The first-order valence-electron chi connectivity index (χ1n) is 10.8. The van der Waals surface area contributed by atoms with Gasteiger partial charge in [0.15, 0.2) is 5.69 Å². The van der Waals surface area contributed by atoms with Crippen LogP contribution in [0, 0.1) is 17.8 Å². The van der Waals surface area contributed by atoms with Gasteiger partial charge in [-0.3, -0.25) is 4.79 Å². The van der Waals surface area contributed by atoms with Crippen molar-refractivity contribution in [3.8, 4) is 11.8 Å². The molecule has 31 heavy (non-hydrogen) atoms. The lowest BCUT2D eigenvalue weighted by Crippen LogP contribution is -2.37. The van der Waals surface area contributed by atoms with Crippen molar-refractivity contribution in [1.82, 2.24) is 19.9 Å². The third kappa shape index (κ3) is 6.39. The summed E-state index contributed by atoms with van der Waals surface area (Å²) in [6.07, 6.45) is 4.59. The maximum Gasteiger partial charge on any atom is 0.228 e. The van der Waals surface area contributed by atoms with Gasteiger partial charge in [0.2, 0.25) is 5.91 Å². The van der Waals surface area contributed by atoms with Crippen LogP contribution in [-0.4, -0.2) is 58.8 Å². The van der Waals surface area contributed by atoms with Gasteiger partial charge in [-0.25, -0.2) is 4.68 Å². The molecule has 4 atom stereocenters. The summed E-state index contributed by atoms with van der Waals surface area (Å²) >= 11 is 0. The van der Waals surface area contributed by atoms with E-state index in [0.29, 0.717) is 18.8 Å². The van der Waals surface area contributed by atoms with Crippen LogP contribution >= 0.6 is 0 Å². The zero-order valence-electron chi connectivity index (χ0n) is 18.8. The smallest absolute Gasteiger partial charge is 0.228 e. The molecule has 0 bridgehead atoms. The highest BCUT2D eigenvalue weighted by Gasteiger charge is 2.35. The van der Waals surface area contributed by atoms with Crippen LogP contribution in [0.4, 0.5) is 0 Å². The van der Waals surface area contributed by atoms with Crippen molar-refractivity contribution in [3.63, 3.8) is 0 Å². The van der Waals surface area contributed by atoms with E-state index in [9.17, 15) is 4.79 Å². The summed E-state index contributed by atoms with van der Waals surface area (Å²) < 4.78 is 13.0. The van der Waals surface area contributed by atoms with Crippen LogP contribution in [0.25, 0.3) is 0 Å². The van der Waals surface area contributed by atoms with E-state index < -0.39 is 0 Å². The van der Waals surface area contributed by atoms with Crippen LogP contribution in [0.5, 0.6) is 0 Å². The fourth-order valence-electron chi connectivity index (χ4n) is 3.95. The first kappa shape index (κ1) is 23.0. The highest BCUT2D eigenvalue weighted by molar-refractivity contribution is 5.78. The molecule has 7 heteroatoms. The summed E-state index contributed by atoms with van der Waals surface area (Å²) in [5, 5.41) is 8.29. The summed E-state index contributed by atoms with van der Waals surface area (Å²) in [4.78, 5) is 14.7. The minimum absolute atomic E-state index is 0.0471. The van der Waals surface area contributed by atoms with Crippen molar-refractivity contribution in [2.45, 2.75) is 57.9 Å². The summed E-state index contributed by atoms with van der Waals surface area (Å²) in [5.41, 5.74) is 1.76. The largest absolute Gasteiger partial charge is 0.374 e. The van der Waals surface area contributed by atoms with Crippen LogP contribution in [0.3, 0.4) is 0 Å². The number of nitrogens with zero attached hydrogens (tertiary/aromatic N) is 4. The zero-order chi connectivity index (χ0) is 22.2. The summed E-state index contributed by atoms with van der Waals surface area (Å²) in [7, 11) is 3.47. The van der Waals surface area contributed by atoms with Crippen LogP contribution in [0.1, 0.15) is 50.4 Å². The average Bonchev–Trinajstić information content (AvgIpc) is 3.43. The van der Waals surface area contributed by atoms with E-state index in [2.05, 4.69) is 29.1 Å². The zero-order valence-corrected chi connectivity index (χ0v) is 18.8. The lowest BCUT2D eigenvalue weighted by Gasteiger charge is -2.26. The van der Waals surface area contributed by atoms with Gasteiger partial charge in [0, 0.05) is 20.7 Å². The fourth-order valence-corrected chi connectivity index (χ4v) is 3.95. The number of benzene rings is 1. The Kier molecular flexibility index (Phi) is 8.21.